The van der Waals surface area contributed by atoms with Gasteiger partial charge in [-0.25, -0.2) is 0 Å². The molecular weight excluding hydrogens is 284 g/mol. The third-order valence-corrected chi connectivity index (χ3v) is 4.91. The summed E-state index contributed by atoms with van der Waals surface area (Å²) in [6, 6.07) is 13.0. The monoisotopic (exact) mass is 304 g/mol. The molecule has 0 fully saturated rings. The van der Waals surface area contributed by atoms with Crippen molar-refractivity contribution in [1.82, 2.24) is 9.13 Å². The van der Waals surface area contributed by atoms with Crippen molar-refractivity contribution in [2.75, 3.05) is 6.67 Å². The van der Waals surface area contributed by atoms with Crippen LogP contribution in [0.2, 0.25) is 0 Å². The second kappa shape index (κ2) is 4.95. The van der Waals surface area contributed by atoms with E-state index in [1.807, 2.05) is 0 Å². The van der Waals surface area contributed by atoms with Gasteiger partial charge >= 0.3 is 0 Å². The van der Waals surface area contributed by atoms with Crippen LogP contribution in [0.1, 0.15) is 11.4 Å². The lowest BCUT2D eigenvalue weighted by molar-refractivity contribution is 0.886. The smallest absolute Gasteiger partial charge is 0.130 e. The normalized spacial score (nSPS) is 12.9. The Hall–Kier alpha value is -2.62. The molecule has 0 spiro atoms. The summed E-state index contributed by atoms with van der Waals surface area (Å²) >= 11 is 0. The number of hydrogen-bond donors (Lipinski definition) is 0. The summed E-state index contributed by atoms with van der Waals surface area (Å²) in [4.78, 5) is 9.32. The molecule has 0 aliphatic carbocycles. The van der Waals surface area contributed by atoms with Gasteiger partial charge in [-0.15, -0.1) is 0 Å². The lowest BCUT2D eigenvalue weighted by atomic mass is 10.0. The van der Waals surface area contributed by atoms with E-state index >= 15 is 0 Å². The molecule has 0 unspecified atom stereocenters. The van der Waals surface area contributed by atoms with Gasteiger partial charge < -0.3 is 9.13 Å². The van der Waals surface area contributed by atoms with Gasteiger partial charge in [-0.2, -0.15) is 0 Å². The van der Waals surface area contributed by atoms with Crippen molar-refractivity contribution in [3.05, 3.63) is 58.5 Å². The lowest BCUT2D eigenvalue weighted by Gasteiger charge is -2.09. The molecule has 0 saturated heterocycles. The average Bonchev–Trinajstić information content (AvgIpc) is 3.23. The second-order valence-corrected chi connectivity index (χ2v) is 6.15. The predicted molar refractivity (Wildman–Crippen MR) is 91.9 cm³/mol. The van der Waals surface area contributed by atoms with Crippen LogP contribution >= 0.6 is 0 Å². The Labute approximate surface area is 135 Å². The molecule has 4 heteroatoms. The van der Waals surface area contributed by atoms with Gasteiger partial charge in [0.2, 0.25) is 0 Å². The molecule has 0 saturated carbocycles. The van der Waals surface area contributed by atoms with E-state index in [0.29, 0.717) is 6.67 Å². The van der Waals surface area contributed by atoms with E-state index in [9.17, 15) is 0 Å². The Kier molecular flexibility index (Phi) is 3.01. The van der Waals surface area contributed by atoms with Crippen molar-refractivity contribution in [1.29, 1.82) is 0 Å². The fourth-order valence-electron chi connectivity index (χ4n) is 3.26. The minimum atomic E-state index is 0.520. The van der Waals surface area contributed by atoms with Crippen LogP contribution in [0.4, 0.5) is 0 Å². The topological polar surface area (TPSA) is 34.6 Å². The Morgan fingerprint density at radius 2 is 1.13 bits per heavy atom. The van der Waals surface area contributed by atoms with Gasteiger partial charge in [0.05, 0.1) is 22.1 Å². The molecule has 4 nitrogen and oxygen atoms in total. The van der Waals surface area contributed by atoms with Crippen LogP contribution in [0.3, 0.4) is 0 Å². The number of hydrogen-bond acceptors (Lipinski definition) is 2. The number of rotatable bonds is 2. The highest BCUT2D eigenvalue weighted by Gasteiger charge is 2.15. The van der Waals surface area contributed by atoms with Crippen molar-refractivity contribution in [2.45, 2.75) is 13.8 Å². The number of benzene rings is 1. The van der Waals surface area contributed by atoms with Crippen LogP contribution in [-0.2, 0) is 14.1 Å². The molecular formula is C19H20N4. The van der Waals surface area contributed by atoms with Crippen LogP contribution in [0.25, 0.3) is 22.5 Å². The fraction of sp³-hybridized carbons (Fsp3) is 0.263. The van der Waals surface area contributed by atoms with Crippen LogP contribution in [0, 0.1) is 13.8 Å². The highest BCUT2D eigenvalue weighted by atomic mass is 15.0. The lowest BCUT2D eigenvalue weighted by Crippen LogP contribution is -2.27. The third kappa shape index (κ3) is 1.98. The van der Waals surface area contributed by atoms with Crippen molar-refractivity contribution >= 4 is 0 Å². The molecule has 0 bridgehead atoms. The minimum Gasteiger partial charge on any atom is -0.348 e. The van der Waals surface area contributed by atoms with Crippen molar-refractivity contribution in [3.8, 4) is 22.5 Å². The van der Waals surface area contributed by atoms with Gasteiger partial charge in [-0.3, -0.25) is 9.98 Å². The van der Waals surface area contributed by atoms with Gasteiger partial charge in [0.1, 0.15) is 6.67 Å². The van der Waals surface area contributed by atoms with Gasteiger partial charge in [0.15, 0.2) is 0 Å². The highest BCUT2D eigenvalue weighted by molar-refractivity contribution is 5.68. The number of aryl methyl sites for hydroxylation is 2. The first-order valence-corrected chi connectivity index (χ1v) is 7.85. The van der Waals surface area contributed by atoms with E-state index in [1.165, 1.54) is 22.8 Å². The summed E-state index contributed by atoms with van der Waals surface area (Å²) in [5, 5.41) is 2.03. The summed E-state index contributed by atoms with van der Waals surface area (Å²) in [5.74, 6) is 0. The molecule has 0 atom stereocenters. The molecule has 0 radical (unpaired) electrons. The van der Waals surface area contributed by atoms with Crippen molar-refractivity contribution in [2.24, 2.45) is 24.1 Å². The molecule has 23 heavy (non-hydrogen) atoms. The number of nitrogens with zero attached hydrogens (tertiary/aromatic N) is 4. The molecule has 116 valence electrons. The fourth-order valence-corrected chi connectivity index (χ4v) is 3.26. The zero-order chi connectivity index (χ0) is 16.1. The molecule has 1 aliphatic rings. The Balaban J connectivity index is 1.99. The van der Waals surface area contributed by atoms with E-state index in [4.69, 9.17) is 0 Å². The summed E-state index contributed by atoms with van der Waals surface area (Å²) in [6.07, 6.45) is 0. The second-order valence-electron chi connectivity index (χ2n) is 6.15. The van der Waals surface area contributed by atoms with Gasteiger partial charge in [0.25, 0.3) is 0 Å². The summed E-state index contributed by atoms with van der Waals surface area (Å²) in [6.45, 7) is 4.75. The maximum atomic E-state index is 4.66. The highest BCUT2D eigenvalue weighted by Crippen LogP contribution is 2.22. The Morgan fingerprint density at radius 1 is 0.696 bits per heavy atom. The number of aromatic nitrogens is 2. The molecule has 3 heterocycles. The maximum Gasteiger partial charge on any atom is 0.130 e. The van der Waals surface area contributed by atoms with E-state index < -0.39 is 0 Å². The van der Waals surface area contributed by atoms with Gasteiger partial charge in [-0.05, 0) is 50.2 Å². The molecule has 1 aromatic carbocycles. The van der Waals surface area contributed by atoms with Gasteiger partial charge in [-0.1, -0.05) is 0 Å². The van der Waals surface area contributed by atoms with Crippen molar-refractivity contribution < 1.29 is 0 Å². The molecule has 2 aromatic heterocycles. The minimum absolute atomic E-state index is 0.520. The standard InChI is InChI=1S/C19H20N4/c1-12-5-9-16(22(12)3)14-7-8-15(19-18(14)20-11-21-19)17-10-6-13(2)23(17)4/h5-10H,11H2,1-4H3. The Morgan fingerprint density at radius 3 is 1.48 bits per heavy atom. The van der Waals surface area contributed by atoms with Crippen LogP contribution < -0.4 is 10.7 Å². The van der Waals surface area contributed by atoms with Gasteiger partial charge in [0, 0.05) is 36.6 Å². The summed E-state index contributed by atoms with van der Waals surface area (Å²) in [5.41, 5.74) is 7.18. The molecule has 0 amide bonds. The number of fused-ring (bicyclic) bond motifs is 1. The van der Waals surface area contributed by atoms with Crippen LogP contribution in [0.15, 0.2) is 46.4 Å². The molecule has 3 aromatic rings. The summed E-state index contributed by atoms with van der Waals surface area (Å²) < 4.78 is 4.41. The third-order valence-electron chi connectivity index (χ3n) is 4.91. The zero-order valence-corrected chi connectivity index (χ0v) is 14.0. The first-order chi connectivity index (χ1) is 11.1. The Bertz CT molecular complexity index is 951. The maximum absolute atomic E-state index is 4.66. The van der Waals surface area contributed by atoms with Crippen LogP contribution in [-0.4, -0.2) is 15.8 Å². The first-order valence-electron chi connectivity index (χ1n) is 7.85. The zero-order valence-electron chi connectivity index (χ0n) is 14.0. The predicted octanol–water partition coefficient (Wildman–Crippen LogP) is 2.52. The molecule has 0 N–H and O–H groups in total. The van der Waals surface area contributed by atoms with E-state index in [2.05, 4.69) is 83.5 Å². The van der Waals surface area contributed by atoms with Crippen LogP contribution in [0.5, 0.6) is 0 Å². The average molecular weight is 304 g/mol. The quantitative estimate of drug-likeness (QED) is 0.697. The SMILES string of the molecule is Cc1ccc(-c2ccc(-c3ccc(C)n3C)c3c2=NCN=3)n1C. The largest absolute Gasteiger partial charge is 0.348 e. The molecule has 4 rings (SSSR count). The van der Waals surface area contributed by atoms with E-state index in [0.717, 1.165) is 21.8 Å². The van der Waals surface area contributed by atoms with E-state index in [1.54, 1.807) is 0 Å². The van der Waals surface area contributed by atoms with Crippen molar-refractivity contribution in [3.63, 3.8) is 0 Å². The summed E-state index contributed by atoms with van der Waals surface area (Å²) in [7, 11) is 4.19. The first kappa shape index (κ1) is 14.0. The van der Waals surface area contributed by atoms with E-state index in [-0.39, 0.29) is 0 Å². The molecule has 1 aliphatic heterocycles.